The molecule has 1 atom stereocenters. The molecule has 0 saturated carbocycles. The standard InChI is InChI=1S/C16H16N4O4S2/c21-26(22)7-6-11(10-26)8-13-17-20-16(24-13)25-9-14-18-19-15(23-14)12-4-2-1-3-5-12/h1-5,11H,6-10H2/t11-/m0/s1. The maximum absolute atomic E-state index is 11.5. The third kappa shape index (κ3) is 4.13. The molecule has 1 aliphatic heterocycles. The first-order valence-corrected chi connectivity index (χ1v) is 10.9. The molecule has 1 aliphatic rings. The Morgan fingerprint density at radius 3 is 2.62 bits per heavy atom. The molecular formula is C16H16N4O4S2. The van der Waals surface area contributed by atoms with Crippen LogP contribution in [0.2, 0.25) is 0 Å². The SMILES string of the molecule is O=S1(=O)CC[C@@H](Cc2nnc(SCc3nnc(-c4ccccc4)o3)o2)C1. The van der Waals surface area contributed by atoms with Crippen LogP contribution in [0.3, 0.4) is 0 Å². The summed E-state index contributed by atoms with van der Waals surface area (Å²) in [5.74, 6) is 2.31. The molecule has 0 aliphatic carbocycles. The average molecular weight is 392 g/mol. The lowest BCUT2D eigenvalue weighted by atomic mass is 10.1. The van der Waals surface area contributed by atoms with Crippen LogP contribution < -0.4 is 0 Å². The van der Waals surface area contributed by atoms with Crippen LogP contribution in [-0.4, -0.2) is 40.3 Å². The first-order valence-electron chi connectivity index (χ1n) is 8.11. The summed E-state index contributed by atoms with van der Waals surface area (Å²) in [6, 6.07) is 9.54. The summed E-state index contributed by atoms with van der Waals surface area (Å²) in [5.41, 5.74) is 0.864. The Morgan fingerprint density at radius 1 is 1.04 bits per heavy atom. The highest BCUT2D eigenvalue weighted by Crippen LogP contribution is 2.26. The summed E-state index contributed by atoms with van der Waals surface area (Å²) in [6.45, 7) is 0. The maximum Gasteiger partial charge on any atom is 0.277 e. The first-order chi connectivity index (χ1) is 12.6. The van der Waals surface area contributed by atoms with Crippen LogP contribution >= 0.6 is 11.8 Å². The van der Waals surface area contributed by atoms with Crippen molar-refractivity contribution in [1.82, 2.24) is 20.4 Å². The number of hydrogen-bond acceptors (Lipinski definition) is 9. The fourth-order valence-corrected chi connectivity index (χ4v) is 5.27. The molecule has 0 spiro atoms. The van der Waals surface area contributed by atoms with Crippen molar-refractivity contribution in [3.8, 4) is 11.5 Å². The van der Waals surface area contributed by atoms with Gasteiger partial charge in [0.25, 0.3) is 5.22 Å². The lowest BCUT2D eigenvalue weighted by Gasteiger charge is -2.01. The average Bonchev–Trinajstić information content (AvgIpc) is 3.34. The predicted molar refractivity (Wildman–Crippen MR) is 94.1 cm³/mol. The highest BCUT2D eigenvalue weighted by Gasteiger charge is 2.29. The van der Waals surface area contributed by atoms with Gasteiger partial charge in [-0.15, -0.1) is 20.4 Å². The highest BCUT2D eigenvalue weighted by atomic mass is 32.2. The lowest BCUT2D eigenvalue weighted by Crippen LogP contribution is -2.07. The van der Waals surface area contributed by atoms with Crippen LogP contribution in [0.5, 0.6) is 0 Å². The van der Waals surface area contributed by atoms with Gasteiger partial charge in [0.1, 0.15) is 0 Å². The van der Waals surface area contributed by atoms with E-state index in [4.69, 9.17) is 8.83 Å². The van der Waals surface area contributed by atoms with E-state index in [0.29, 0.717) is 41.5 Å². The van der Waals surface area contributed by atoms with Crippen molar-refractivity contribution in [2.75, 3.05) is 11.5 Å². The van der Waals surface area contributed by atoms with Gasteiger partial charge in [-0.3, -0.25) is 0 Å². The zero-order valence-electron chi connectivity index (χ0n) is 13.7. The van der Waals surface area contributed by atoms with Crippen molar-refractivity contribution in [3.05, 3.63) is 42.1 Å². The van der Waals surface area contributed by atoms with Crippen LogP contribution in [0, 0.1) is 5.92 Å². The number of nitrogens with zero attached hydrogens (tertiary/aromatic N) is 4. The Kier molecular flexibility index (Phi) is 4.77. The van der Waals surface area contributed by atoms with Crippen LogP contribution in [0.15, 0.2) is 44.4 Å². The quantitative estimate of drug-likeness (QED) is 0.583. The van der Waals surface area contributed by atoms with E-state index in [9.17, 15) is 8.42 Å². The number of aromatic nitrogens is 4. The van der Waals surface area contributed by atoms with Gasteiger partial charge in [0, 0.05) is 12.0 Å². The molecule has 0 N–H and O–H groups in total. The molecule has 2 aromatic heterocycles. The fourth-order valence-electron chi connectivity index (χ4n) is 2.79. The summed E-state index contributed by atoms with van der Waals surface area (Å²) in [6.07, 6.45) is 1.14. The Balaban J connectivity index is 1.33. The van der Waals surface area contributed by atoms with Gasteiger partial charge in [-0.1, -0.05) is 30.0 Å². The lowest BCUT2D eigenvalue weighted by molar-refractivity contribution is 0.389. The summed E-state index contributed by atoms with van der Waals surface area (Å²) in [7, 11) is -2.90. The van der Waals surface area contributed by atoms with Crippen molar-refractivity contribution in [1.29, 1.82) is 0 Å². The van der Waals surface area contributed by atoms with E-state index in [1.54, 1.807) is 0 Å². The number of thioether (sulfide) groups is 1. The van der Waals surface area contributed by atoms with Crippen molar-refractivity contribution >= 4 is 21.6 Å². The first kappa shape index (κ1) is 17.2. The van der Waals surface area contributed by atoms with Crippen molar-refractivity contribution in [2.45, 2.75) is 23.8 Å². The number of sulfone groups is 1. The minimum atomic E-state index is -2.90. The molecule has 10 heteroatoms. The van der Waals surface area contributed by atoms with E-state index in [1.807, 2.05) is 30.3 Å². The largest absolute Gasteiger partial charge is 0.420 e. The van der Waals surface area contributed by atoms with Gasteiger partial charge >= 0.3 is 0 Å². The highest BCUT2D eigenvalue weighted by molar-refractivity contribution is 7.98. The van der Waals surface area contributed by atoms with E-state index in [-0.39, 0.29) is 17.4 Å². The molecular weight excluding hydrogens is 376 g/mol. The van der Waals surface area contributed by atoms with E-state index >= 15 is 0 Å². The molecule has 1 saturated heterocycles. The van der Waals surface area contributed by atoms with Crippen molar-refractivity contribution in [2.24, 2.45) is 5.92 Å². The van der Waals surface area contributed by atoms with E-state index in [2.05, 4.69) is 20.4 Å². The summed E-state index contributed by atoms with van der Waals surface area (Å²) >= 11 is 1.31. The van der Waals surface area contributed by atoms with Gasteiger partial charge in [-0.25, -0.2) is 8.42 Å². The van der Waals surface area contributed by atoms with Gasteiger partial charge in [-0.2, -0.15) is 0 Å². The molecule has 4 rings (SSSR count). The second-order valence-electron chi connectivity index (χ2n) is 6.09. The Hall–Kier alpha value is -2.20. The van der Waals surface area contributed by atoms with E-state index < -0.39 is 9.84 Å². The fraction of sp³-hybridized carbons (Fsp3) is 0.375. The molecule has 8 nitrogen and oxygen atoms in total. The van der Waals surface area contributed by atoms with Crippen molar-refractivity contribution < 1.29 is 17.3 Å². The van der Waals surface area contributed by atoms with E-state index in [1.165, 1.54) is 11.8 Å². The molecule has 1 fully saturated rings. The number of rotatable bonds is 6. The van der Waals surface area contributed by atoms with Gasteiger partial charge in [0.2, 0.25) is 17.7 Å². The summed E-state index contributed by atoms with van der Waals surface area (Å²) in [4.78, 5) is 0. The van der Waals surface area contributed by atoms with Crippen LogP contribution in [-0.2, 0) is 22.0 Å². The molecule has 26 heavy (non-hydrogen) atoms. The Morgan fingerprint density at radius 2 is 1.85 bits per heavy atom. The molecule has 1 aromatic carbocycles. The third-order valence-corrected chi connectivity index (χ3v) is 6.69. The summed E-state index contributed by atoms with van der Waals surface area (Å²) < 4.78 is 34.2. The van der Waals surface area contributed by atoms with Crippen molar-refractivity contribution in [3.63, 3.8) is 0 Å². The van der Waals surface area contributed by atoms with Gasteiger partial charge < -0.3 is 8.83 Å². The van der Waals surface area contributed by atoms with Crippen LogP contribution in [0.4, 0.5) is 0 Å². The van der Waals surface area contributed by atoms with Gasteiger partial charge in [0.05, 0.1) is 17.3 Å². The number of hydrogen-bond donors (Lipinski definition) is 0. The second kappa shape index (κ2) is 7.20. The molecule has 0 bridgehead atoms. The smallest absolute Gasteiger partial charge is 0.277 e. The molecule has 3 aromatic rings. The molecule has 136 valence electrons. The topological polar surface area (TPSA) is 112 Å². The maximum atomic E-state index is 11.5. The molecule has 0 radical (unpaired) electrons. The monoisotopic (exact) mass is 392 g/mol. The third-order valence-electron chi connectivity index (χ3n) is 4.05. The summed E-state index contributed by atoms with van der Waals surface area (Å²) in [5, 5.41) is 16.4. The molecule has 0 amide bonds. The second-order valence-corrected chi connectivity index (χ2v) is 9.25. The van der Waals surface area contributed by atoms with E-state index in [0.717, 1.165) is 5.56 Å². The van der Waals surface area contributed by atoms with Crippen LogP contribution in [0.1, 0.15) is 18.2 Å². The predicted octanol–water partition coefficient (Wildman–Crippen LogP) is 2.39. The van der Waals surface area contributed by atoms with Crippen LogP contribution in [0.25, 0.3) is 11.5 Å². The Bertz CT molecular complexity index is 985. The zero-order chi connectivity index (χ0) is 18.0. The van der Waals surface area contributed by atoms with Gasteiger partial charge in [-0.05, 0) is 24.5 Å². The molecule has 3 heterocycles. The molecule has 0 unspecified atom stereocenters. The minimum Gasteiger partial charge on any atom is -0.420 e. The van der Waals surface area contributed by atoms with Gasteiger partial charge in [0.15, 0.2) is 9.84 Å². The normalized spacial score (nSPS) is 19.0. The zero-order valence-corrected chi connectivity index (χ0v) is 15.4. The number of benzene rings is 1. The Labute approximate surface area is 154 Å². The minimum absolute atomic E-state index is 0.0580.